The number of fused-ring (bicyclic) bond motifs is 1. The number of rotatable bonds is 3. The number of nitrogens with one attached hydrogen (secondary N) is 1. The molecule has 1 N–H and O–H groups in total. The second kappa shape index (κ2) is 6.04. The summed E-state index contributed by atoms with van der Waals surface area (Å²) in [5, 5.41) is 5.83. The zero-order chi connectivity index (χ0) is 15.0. The molecule has 3 rings (SSSR count). The summed E-state index contributed by atoms with van der Waals surface area (Å²) in [7, 11) is 0. The fourth-order valence-electron chi connectivity index (χ4n) is 2.32. The molecule has 2 aromatic rings. The van der Waals surface area contributed by atoms with Crippen LogP contribution >= 0.6 is 34.3 Å². The molecule has 3 heterocycles. The minimum absolute atomic E-state index is 0.179. The molecule has 0 saturated heterocycles. The van der Waals surface area contributed by atoms with Crippen LogP contribution in [0.1, 0.15) is 34.1 Å². The molecule has 2 aromatic heterocycles. The van der Waals surface area contributed by atoms with Gasteiger partial charge in [-0.1, -0.05) is 11.6 Å². The Balaban J connectivity index is 1.74. The summed E-state index contributed by atoms with van der Waals surface area (Å²) in [6, 6.07) is 2.26. The van der Waals surface area contributed by atoms with Gasteiger partial charge in [-0.3, -0.25) is 15.0 Å². The number of hydrogen-bond donors (Lipinski definition) is 1. The largest absolute Gasteiger partial charge is 0.297 e. The molecule has 0 spiro atoms. The van der Waals surface area contributed by atoms with E-state index in [1.54, 1.807) is 17.4 Å². The van der Waals surface area contributed by atoms with Crippen LogP contribution in [0.4, 0.5) is 5.13 Å². The summed E-state index contributed by atoms with van der Waals surface area (Å²) in [5.74, 6) is -0.179. The van der Waals surface area contributed by atoms with Crippen LogP contribution in [-0.4, -0.2) is 28.4 Å². The van der Waals surface area contributed by atoms with Crippen molar-refractivity contribution in [2.75, 3.05) is 11.9 Å². The average Bonchev–Trinajstić information content (AvgIpc) is 3.02. The van der Waals surface area contributed by atoms with Gasteiger partial charge < -0.3 is 0 Å². The molecular weight excluding hydrogens is 326 g/mol. The average molecular weight is 342 g/mol. The Bertz CT molecular complexity index is 665. The highest BCUT2D eigenvalue weighted by Gasteiger charge is 2.23. The van der Waals surface area contributed by atoms with E-state index in [1.807, 2.05) is 5.38 Å². The van der Waals surface area contributed by atoms with Gasteiger partial charge in [0.15, 0.2) is 5.13 Å². The Morgan fingerprint density at radius 3 is 3.00 bits per heavy atom. The molecule has 1 amide bonds. The van der Waals surface area contributed by atoms with E-state index in [4.69, 9.17) is 11.6 Å². The lowest BCUT2D eigenvalue weighted by atomic mass is 10.1. The van der Waals surface area contributed by atoms with Gasteiger partial charge in [0.25, 0.3) is 5.91 Å². The van der Waals surface area contributed by atoms with Crippen LogP contribution in [0.25, 0.3) is 0 Å². The van der Waals surface area contributed by atoms with Crippen molar-refractivity contribution in [3.05, 3.63) is 31.9 Å². The molecule has 0 aliphatic carbocycles. The van der Waals surface area contributed by atoms with Gasteiger partial charge in [-0.25, -0.2) is 4.98 Å². The van der Waals surface area contributed by atoms with Gasteiger partial charge in [0, 0.05) is 30.4 Å². The van der Waals surface area contributed by atoms with Crippen LogP contribution < -0.4 is 5.32 Å². The normalized spacial score (nSPS) is 15.2. The Kier molecular flexibility index (Phi) is 4.31. The summed E-state index contributed by atoms with van der Waals surface area (Å²) in [4.78, 5) is 20.9. The van der Waals surface area contributed by atoms with Crippen molar-refractivity contribution in [1.82, 2.24) is 9.88 Å². The highest BCUT2D eigenvalue weighted by atomic mass is 35.5. The molecule has 0 fully saturated rings. The Hall–Kier alpha value is -0.950. The number of thiophene rings is 1. The van der Waals surface area contributed by atoms with E-state index in [0.29, 0.717) is 21.1 Å². The zero-order valence-corrected chi connectivity index (χ0v) is 14.2. The Morgan fingerprint density at radius 2 is 2.33 bits per heavy atom. The number of aromatic nitrogens is 1. The van der Waals surface area contributed by atoms with Crippen molar-refractivity contribution in [2.24, 2.45) is 0 Å². The fourth-order valence-corrected chi connectivity index (χ4v) is 4.38. The van der Waals surface area contributed by atoms with E-state index >= 15 is 0 Å². The second-order valence-corrected chi connectivity index (χ2v) is 7.66. The lowest BCUT2D eigenvalue weighted by Gasteiger charge is -2.29. The highest BCUT2D eigenvalue weighted by Crippen LogP contribution is 2.30. The maximum absolute atomic E-state index is 12.2. The predicted octanol–water partition coefficient (Wildman–Crippen LogP) is 3.88. The van der Waals surface area contributed by atoms with Crippen molar-refractivity contribution < 1.29 is 4.79 Å². The molecule has 1 aliphatic rings. The minimum atomic E-state index is -0.179. The van der Waals surface area contributed by atoms with Gasteiger partial charge in [-0.15, -0.1) is 22.7 Å². The lowest BCUT2D eigenvalue weighted by molar-refractivity contribution is 0.103. The number of nitrogens with zero attached hydrogens (tertiary/aromatic N) is 2. The topological polar surface area (TPSA) is 45.2 Å². The predicted molar refractivity (Wildman–Crippen MR) is 88.6 cm³/mol. The first-order valence-corrected chi connectivity index (χ1v) is 8.89. The van der Waals surface area contributed by atoms with Crippen molar-refractivity contribution in [2.45, 2.75) is 32.9 Å². The van der Waals surface area contributed by atoms with Gasteiger partial charge >= 0.3 is 0 Å². The van der Waals surface area contributed by atoms with Crippen LogP contribution in [0.2, 0.25) is 5.02 Å². The van der Waals surface area contributed by atoms with Crippen LogP contribution in [0.15, 0.2) is 11.4 Å². The van der Waals surface area contributed by atoms with Crippen molar-refractivity contribution in [1.29, 1.82) is 0 Å². The van der Waals surface area contributed by atoms with E-state index in [0.717, 1.165) is 25.2 Å². The van der Waals surface area contributed by atoms with Crippen molar-refractivity contribution in [3.63, 3.8) is 0 Å². The van der Waals surface area contributed by atoms with Gasteiger partial charge in [0.1, 0.15) is 4.88 Å². The van der Waals surface area contributed by atoms with E-state index in [-0.39, 0.29) is 5.91 Å². The molecule has 0 unspecified atom stereocenters. The minimum Gasteiger partial charge on any atom is -0.297 e. The summed E-state index contributed by atoms with van der Waals surface area (Å²) in [6.45, 7) is 6.35. The van der Waals surface area contributed by atoms with Gasteiger partial charge in [0.05, 0.1) is 10.7 Å². The number of anilines is 1. The number of thiazole rings is 1. The van der Waals surface area contributed by atoms with E-state index < -0.39 is 0 Å². The molecule has 0 radical (unpaired) electrons. The molecule has 0 saturated carbocycles. The number of carbonyl (C=O) groups is 1. The Morgan fingerprint density at radius 1 is 1.52 bits per heavy atom. The monoisotopic (exact) mass is 341 g/mol. The van der Waals surface area contributed by atoms with E-state index in [1.165, 1.54) is 16.2 Å². The van der Waals surface area contributed by atoms with Crippen LogP contribution in [-0.2, 0) is 13.0 Å². The quantitative estimate of drug-likeness (QED) is 0.921. The molecule has 0 bridgehead atoms. The van der Waals surface area contributed by atoms with Crippen LogP contribution in [0.3, 0.4) is 0 Å². The van der Waals surface area contributed by atoms with Crippen LogP contribution in [0.5, 0.6) is 0 Å². The summed E-state index contributed by atoms with van der Waals surface area (Å²) in [6.07, 6.45) is 0.944. The van der Waals surface area contributed by atoms with Gasteiger partial charge in [-0.05, 0) is 25.3 Å². The summed E-state index contributed by atoms with van der Waals surface area (Å²) < 4.78 is 0. The van der Waals surface area contributed by atoms with Crippen LogP contribution in [0, 0.1) is 0 Å². The lowest BCUT2D eigenvalue weighted by Crippen LogP contribution is -2.35. The third-order valence-corrected chi connectivity index (χ3v) is 5.87. The molecular formula is C14H16ClN3OS2. The Labute approximate surface area is 136 Å². The third-order valence-electron chi connectivity index (χ3n) is 3.53. The zero-order valence-electron chi connectivity index (χ0n) is 11.9. The van der Waals surface area contributed by atoms with Crippen molar-refractivity contribution >= 4 is 45.3 Å². The van der Waals surface area contributed by atoms with Gasteiger partial charge in [-0.2, -0.15) is 0 Å². The standard InChI is InChI=1S/C14H16ClN3OS2/c1-8(2)18-5-3-10-11(7-18)21-14(16-10)17-13(19)12-9(15)4-6-20-12/h4,6,8H,3,5,7H2,1-2H3,(H,16,17,19). The third kappa shape index (κ3) is 3.13. The number of carbonyl (C=O) groups excluding carboxylic acids is 1. The molecule has 112 valence electrons. The molecule has 4 nitrogen and oxygen atoms in total. The first-order valence-electron chi connectivity index (χ1n) is 6.81. The SMILES string of the molecule is CC(C)N1CCc2nc(NC(=O)c3sccc3Cl)sc2C1. The smallest absolute Gasteiger partial charge is 0.269 e. The van der Waals surface area contributed by atoms with E-state index in [9.17, 15) is 4.79 Å². The highest BCUT2D eigenvalue weighted by molar-refractivity contribution is 7.16. The maximum atomic E-state index is 12.2. The molecule has 7 heteroatoms. The number of halogens is 1. The first kappa shape index (κ1) is 15.0. The molecule has 21 heavy (non-hydrogen) atoms. The number of hydrogen-bond acceptors (Lipinski definition) is 5. The molecule has 1 aliphatic heterocycles. The molecule has 0 aromatic carbocycles. The maximum Gasteiger partial charge on any atom is 0.269 e. The molecule has 0 atom stereocenters. The first-order chi connectivity index (χ1) is 10.0. The fraction of sp³-hybridized carbons (Fsp3) is 0.429. The second-order valence-electron chi connectivity index (χ2n) is 5.25. The van der Waals surface area contributed by atoms with Gasteiger partial charge in [0.2, 0.25) is 0 Å². The summed E-state index contributed by atoms with van der Waals surface area (Å²) in [5.41, 5.74) is 1.12. The number of amides is 1. The summed E-state index contributed by atoms with van der Waals surface area (Å²) >= 11 is 8.89. The van der Waals surface area contributed by atoms with Crippen molar-refractivity contribution in [3.8, 4) is 0 Å². The van der Waals surface area contributed by atoms with E-state index in [2.05, 4.69) is 29.0 Å².